The number of nitrogens with two attached hydrogens (primary N) is 1. The summed E-state index contributed by atoms with van der Waals surface area (Å²) in [5, 5.41) is 0. The van der Waals surface area contributed by atoms with E-state index in [1.54, 1.807) is 17.3 Å². The average molecular weight is 353 g/mol. The van der Waals surface area contributed by atoms with Gasteiger partial charge in [-0.1, -0.05) is 31.2 Å². The molecule has 136 valence electrons. The van der Waals surface area contributed by atoms with Crippen LogP contribution in [0.1, 0.15) is 18.9 Å². The van der Waals surface area contributed by atoms with E-state index in [2.05, 4.69) is 4.98 Å². The van der Waals surface area contributed by atoms with Crippen LogP contribution in [0.5, 0.6) is 0 Å². The van der Waals surface area contributed by atoms with E-state index in [1.807, 2.05) is 43.3 Å². The zero-order chi connectivity index (χ0) is 18.6. The number of ether oxygens (including phenoxy) is 1. The van der Waals surface area contributed by atoms with Crippen LogP contribution in [0.25, 0.3) is 11.1 Å². The number of carbonyl (C=O) groups is 2. The lowest BCUT2D eigenvalue weighted by Crippen LogP contribution is -2.61. The lowest BCUT2D eigenvalue weighted by Gasteiger charge is -2.40. The van der Waals surface area contributed by atoms with Crippen molar-refractivity contribution in [2.75, 3.05) is 19.7 Å². The largest absolute Gasteiger partial charge is 0.367 e. The molecule has 1 aliphatic heterocycles. The van der Waals surface area contributed by atoms with Crippen molar-refractivity contribution in [2.24, 2.45) is 5.73 Å². The predicted octanol–water partition coefficient (Wildman–Crippen LogP) is 1.78. The molecule has 2 aromatic rings. The fourth-order valence-corrected chi connectivity index (χ4v) is 3.30. The first-order chi connectivity index (χ1) is 12.5. The molecule has 2 amide bonds. The van der Waals surface area contributed by atoms with E-state index in [9.17, 15) is 9.59 Å². The van der Waals surface area contributed by atoms with Crippen molar-refractivity contribution in [3.63, 3.8) is 0 Å². The standard InChI is InChI=1S/C20H23N3O3/c1-2-18(24)23-10-11-26-20(14-23,19(21)25)13-15-4-3-5-17(12-15)16-6-8-22-9-7-16/h3-9,12H,2,10-11,13-14H2,1H3,(H2,21,25)/t20-/m0/s1. The van der Waals surface area contributed by atoms with Gasteiger partial charge in [0.05, 0.1) is 13.2 Å². The molecule has 1 fully saturated rings. The Bertz CT molecular complexity index is 794. The molecule has 2 heterocycles. The third-order valence-electron chi connectivity index (χ3n) is 4.72. The highest BCUT2D eigenvalue weighted by Gasteiger charge is 2.43. The summed E-state index contributed by atoms with van der Waals surface area (Å²) in [6.45, 7) is 2.79. The van der Waals surface area contributed by atoms with E-state index in [0.29, 0.717) is 26.0 Å². The number of hydrogen-bond acceptors (Lipinski definition) is 4. The van der Waals surface area contributed by atoms with Gasteiger partial charge in [-0.3, -0.25) is 14.6 Å². The minimum atomic E-state index is -1.19. The van der Waals surface area contributed by atoms with Gasteiger partial charge in [0.15, 0.2) is 5.60 Å². The van der Waals surface area contributed by atoms with Gasteiger partial charge in [0.25, 0.3) is 5.91 Å². The minimum Gasteiger partial charge on any atom is -0.367 e. The maximum absolute atomic E-state index is 12.2. The van der Waals surface area contributed by atoms with Gasteiger partial charge in [0.1, 0.15) is 0 Å². The number of morpholine rings is 1. The molecule has 0 bridgehead atoms. The predicted molar refractivity (Wildman–Crippen MR) is 98.1 cm³/mol. The van der Waals surface area contributed by atoms with Crippen LogP contribution in [0.4, 0.5) is 0 Å². The number of aromatic nitrogens is 1. The molecule has 0 radical (unpaired) electrons. The van der Waals surface area contributed by atoms with Gasteiger partial charge in [-0.2, -0.15) is 0 Å². The fourth-order valence-electron chi connectivity index (χ4n) is 3.30. The Morgan fingerprint density at radius 3 is 2.69 bits per heavy atom. The molecule has 1 aromatic carbocycles. The van der Waals surface area contributed by atoms with Gasteiger partial charge in [-0.25, -0.2) is 0 Å². The zero-order valence-electron chi connectivity index (χ0n) is 14.9. The Morgan fingerprint density at radius 1 is 1.23 bits per heavy atom. The molecule has 0 saturated carbocycles. The van der Waals surface area contributed by atoms with Crippen LogP contribution in [-0.2, 0) is 20.7 Å². The van der Waals surface area contributed by atoms with E-state index in [1.165, 1.54) is 0 Å². The third kappa shape index (κ3) is 3.75. The Labute approximate surface area is 153 Å². The van der Waals surface area contributed by atoms with Gasteiger partial charge in [0.2, 0.25) is 5.91 Å². The number of amides is 2. The lowest BCUT2D eigenvalue weighted by atomic mass is 9.90. The van der Waals surface area contributed by atoms with Crippen LogP contribution < -0.4 is 5.73 Å². The van der Waals surface area contributed by atoms with Crippen LogP contribution in [0.15, 0.2) is 48.8 Å². The Kier molecular flexibility index (Phi) is 5.32. The van der Waals surface area contributed by atoms with Gasteiger partial charge in [-0.15, -0.1) is 0 Å². The van der Waals surface area contributed by atoms with E-state index < -0.39 is 11.5 Å². The number of carbonyl (C=O) groups excluding carboxylic acids is 2. The molecule has 26 heavy (non-hydrogen) atoms. The normalized spacial score (nSPS) is 20.0. The second-order valence-corrected chi connectivity index (χ2v) is 6.49. The molecule has 1 aromatic heterocycles. The number of rotatable bonds is 5. The second kappa shape index (κ2) is 7.66. The van der Waals surface area contributed by atoms with E-state index in [4.69, 9.17) is 10.5 Å². The van der Waals surface area contributed by atoms with Crippen LogP contribution in [0.3, 0.4) is 0 Å². The lowest BCUT2D eigenvalue weighted by molar-refractivity contribution is -0.163. The molecule has 2 N–H and O–H groups in total. The first-order valence-corrected chi connectivity index (χ1v) is 8.75. The summed E-state index contributed by atoms with van der Waals surface area (Å²) in [5.41, 5.74) is 7.51. The van der Waals surface area contributed by atoms with Gasteiger partial charge in [0, 0.05) is 31.8 Å². The number of benzene rings is 1. The maximum atomic E-state index is 12.2. The number of nitrogens with zero attached hydrogens (tertiary/aromatic N) is 2. The molecular formula is C20H23N3O3. The minimum absolute atomic E-state index is 0.00413. The smallest absolute Gasteiger partial charge is 0.251 e. The van der Waals surface area contributed by atoms with Gasteiger partial charge in [-0.05, 0) is 28.8 Å². The highest BCUT2D eigenvalue weighted by molar-refractivity contribution is 5.86. The first kappa shape index (κ1) is 18.1. The van der Waals surface area contributed by atoms with Crippen LogP contribution >= 0.6 is 0 Å². The molecule has 0 spiro atoms. The van der Waals surface area contributed by atoms with E-state index in [-0.39, 0.29) is 12.5 Å². The molecular weight excluding hydrogens is 330 g/mol. The van der Waals surface area contributed by atoms with Crippen molar-refractivity contribution in [1.29, 1.82) is 0 Å². The van der Waals surface area contributed by atoms with Crippen LogP contribution in [0.2, 0.25) is 0 Å². The van der Waals surface area contributed by atoms with Crippen molar-refractivity contribution >= 4 is 11.8 Å². The van der Waals surface area contributed by atoms with Gasteiger partial charge < -0.3 is 15.4 Å². The van der Waals surface area contributed by atoms with E-state index in [0.717, 1.165) is 16.7 Å². The molecule has 0 unspecified atom stereocenters. The molecule has 0 aliphatic carbocycles. The highest BCUT2D eigenvalue weighted by atomic mass is 16.5. The summed E-state index contributed by atoms with van der Waals surface area (Å²) in [6, 6.07) is 11.8. The SMILES string of the molecule is CCC(=O)N1CCO[C@](Cc2cccc(-c3ccncc3)c2)(C(N)=O)C1. The Morgan fingerprint density at radius 2 is 2.00 bits per heavy atom. The molecule has 1 aliphatic rings. The Hall–Kier alpha value is -2.73. The topological polar surface area (TPSA) is 85.5 Å². The van der Waals surface area contributed by atoms with Crippen molar-refractivity contribution in [3.05, 3.63) is 54.4 Å². The van der Waals surface area contributed by atoms with Crippen LogP contribution in [-0.4, -0.2) is 47.0 Å². The average Bonchev–Trinajstić information content (AvgIpc) is 2.68. The van der Waals surface area contributed by atoms with Crippen molar-refractivity contribution in [3.8, 4) is 11.1 Å². The van der Waals surface area contributed by atoms with Crippen LogP contribution in [0, 0.1) is 0 Å². The second-order valence-electron chi connectivity index (χ2n) is 6.49. The molecule has 3 rings (SSSR count). The monoisotopic (exact) mass is 353 g/mol. The van der Waals surface area contributed by atoms with Crippen molar-refractivity contribution in [2.45, 2.75) is 25.4 Å². The Balaban J connectivity index is 1.87. The molecule has 6 nitrogen and oxygen atoms in total. The third-order valence-corrected chi connectivity index (χ3v) is 4.72. The summed E-state index contributed by atoms with van der Waals surface area (Å²) in [4.78, 5) is 30.0. The zero-order valence-corrected chi connectivity index (χ0v) is 14.9. The highest BCUT2D eigenvalue weighted by Crippen LogP contribution is 2.26. The summed E-state index contributed by atoms with van der Waals surface area (Å²) in [7, 11) is 0. The number of hydrogen-bond donors (Lipinski definition) is 1. The maximum Gasteiger partial charge on any atom is 0.251 e. The molecule has 1 saturated heterocycles. The summed E-state index contributed by atoms with van der Waals surface area (Å²) in [5.74, 6) is -0.537. The van der Waals surface area contributed by atoms with Crippen molar-refractivity contribution in [1.82, 2.24) is 9.88 Å². The van der Waals surface area contributed by atoms with E-state index >= 15 is 0 Å². The first-order valence-electron chi connectivity index (χ1n) is 8.75. The van der Waals surface area contributed by atoms with Gasteiger partial charge >= 0.3 is 0 Å². The molecule has 6 heteroatoms. The summed E-state index contributed by atoms with van der Waals surface area (Å²) >= 11 is 0. The quantitative estimate of drug-likeness (QED) is 0.888. The summed E-state index contributed by atoms with van der Waals surface area (Å²) in [6.07, 6.45) is 4.21. The fraction of sp³-hybridized carbons (Fsp3) is 0.350. The number of pyridine rings is 1. The van der Waals surface area contributed by atoms with Crippen molar-refractivity contribution < 1.29 is 14.3 Å². The molecule has 1 atom stereocenters. The summed E-state index contributed by atoms with van der Waals surface area (Å²) < 4.78 is 5.82. The number of primary amides is 1.